The van der Waals surface area contributed by atoms with Gasteiger partial charge < -0.3 is 10.2 Å². The first-order chi connectivity index (χ1) is 3.68. The Balaban J connectivity index is 3.58. The van der Waals surface area contributed by atoms with Gasteiger partial charge in [0.15, 0.2) is 0 Å². The molecule has 0 aliphatic rings. The maximum absolute atomic E-state index is 8.54. The minimum atomic E-state index is -0.498. The molecule has 0 bridgehead atoms. The first-order valence-electron chi connectivity index (χ1n) is 2.46. The summed E-state index contributed by atoms with van der Waals surface area (Å²) in [6.45, 7) is 1.60. The van der Waals surface area contributed by atoms with Gasteiger partial charge >= 0.3 is 0 Å². The third-order valence-corrected chi connectivity index (χ3v) is 1.73. The first kappa shape index (κ1) is 8.21. The van der Waals surface area contributed by atoms with Crippen molar-refractivity contribution in [2.75, 3.05) is 19.1 Å². The lowest BCUT2D eigenvalue weighted by Gasteiger charge is -2.19. The molecule has 2 N–H and O–H groups in total. The number of aliphatic hydroxyl groups is 2. The number of rotatable bonds is 3. The molecule has 2 nitrogen and oxygen atoms in total. The molecule has 8 heavy (non-hydrogen) atoms. The molecule has 0 heterocycles. The number of aliphatic hydroxyl groups excluding tert-OH is 2. The summed E-state index contributed by atoms with van der Waals surface area (Å²) in [5.74, 6) is 0.292. The fourth-order valence-electron chi connectivity index (χ4n) is 0.135. The summed E-state index contributed by atoms with van der Waals surface area (Å²) in [4.78, 5) is 0. The third kappa shape index (κ3) is 1.99. The molecule has 50 valence electrons. The molecule has 0 aromatic rings. The Kier molecular flexibility index (Phi) is 3.36. The van der Waals surface area contributed by atoms with E-state index >= 15 is 0 Å². The summed E-state index contributed by atoms with van der Waals surface area (Å²) < 4.78 is 0. The summed E-state index contributed by atoms with van der Waals surface area (Å²) >= 11 is 5.39. The predicted molar refractivity (Wildman–Crippen MR) is 33.0 cm³/mol. The van der Waals surface area contributed by atoms with Crippen LogP contribution in [0.3, 0.4) is 0 Å². The van der Waals surface area contributed by atoms with Gasteiger partial charge in [0.25, 0.3) is 0 Å². The quantitative estimate of drug-likeness (QED) is 0.548. The van der Waals surface area contributed by atoms with E-state index in [1.54, 1.807) is 6.92 Å². The molecular weight excluding hydrogens is 128 g/mol. The molecule has 0 radical (unpaired) electrons. The van der Waals surface area contributed by atoms with Crippen LogP contribution in [0.1, 0.15) is 6.92 Å². The van der Waals surface area contributed by atoms with Crippen LogP contribution < -0.4 is 0 Å². The van der Waals surface area contributed by atoms with Gasteiger partial charge in [0.1, 0.15) is 0 Å². The Labute approximate surface area is 54.1 Å². The molecule has 0 fully saturated rings. The SMILES string of the molecule is CC(CO)(CO)CCl. The average molecular weight is 139 g/mol. The minimum Gasteiger partial charge on any atom is -0.396 e. The fraction of sp³-hybridized carbons (Fsp3) is 1.00. The Morgan fingerprint density at radius 1 is 1.38 bits per heavy atom. The standard InChI is InChI=1S/C5H11ClO2/c1-5(2-6,3-7)4-8/h7-8H,2-4H2,1H3. The van der Waals surface area contributed by atoms with Gasteiger partial charge in [-0.1, -0.05) is 6.92 Å². The predicted octanol–water partition coefficient (Wildman–Crippen LogP) is 0.216. The van der Waals surface area contributed by atoms with Gasteiger partial charge in [0, 0.05) is 11.3 Å². The first-order valence-corrected chi connectivity index (χ1v) is 2.99. The highest BCUT2D eigenvalue weighted by atomic mass is 35.5. The van der Waals surface area contributed by atoms with Crippen molar-refractivity contribution in [3.8, 4) is 0 Å². The number of hydrogen-bond donors (Lipinski definition) is 2. The molecule has 3 heteroatoms. The van der Waals surface area contributed by atoms with Gasteiger partial charge in [-0.05, 0) is 0 Å². The van der Waals surface area contributed by atoms with E-state index in [0.29, 0.717) is 5.88 Å². The molecule has 0 aromatic carbocycles. The van der Waals surface area contributed by atoms with Crippen molar-refractivity contribution in [2.24, 2.45) is 5.41 Å². The molecule has 0 saturated carbocycles. The third-order valence-electron chi connectivity index (χ3n) is 1.09. The highest BCUT2D eigenvalue weighted by Crippen LogP contribution is 2.14. The van der Waals surface area contributed by atoms with Gasteiger partial charge in [-0.2, -0.15) is 0 Å². The van der Waals surface area contributed by atoms with Crippen LogP contribution in [0.5, 0.6) is 0 Å². The van der Waals surface area contributed by atoms with Crippen LogP contribution in [0.2, 0.25) is 0 Å². The van der Waals surface area contributed by atoms with E-state index in [1.165, 1.54) is 0 Å². The van der Waals surface area contributed by atoms with Crippen molar-refractivity contribution in [3.05, 3.63) is 0 Å². The largest absolute Gasteiger partial charge is 0.396 e. The topological polar surface area (TPSA) is 40.5 Å². The van der Waals surface area contributed by atoms with E-state index in [1.807, 2.05) is 0 Å². The van der Waals surface area contributed by atoms with Gasteiger partial charge in [0.2, 0.25) is 0 Å². The van der Waals surface area contributed by atoms with E-state index in [9.17, 15) is 0 Å². The zero-order chi connectivity index (χ0) is 6.62. The molecule has 0 aliphatic carbocycles. The normalized spacial score (nSPS) is 12.0. The lowest BCUT2D eigenvalue weighted by molar-refractivity contribution is 0.0884. The maximum atomic E-state index is 8.54. The molecule has 0 atom stereocenters. The highest BCUT2D eigenvalue weighted by molar-refractivity contribution is 6.18. The van der Waals surface area contributed by atoms with E-state index in [4.69, 9.17) is 21.8 Å². The Morgan fingerprint density at radius 3 is 1.75 bits per heavy atom. The van der Waals surface area contributed by atoms with Crippen LogP contribution in [0.25, 0.3) is 0 Å². The highest BCUT2D eigenvalue weighted by Gasteiger charge is 2.19. The van der Waals surface area contributed by atoms with Gasteiger partial charge in [-0.25, -0.2) is 0 Å². The van der Waals surface area contributed by atoms with E-state index < -0.39 is 5.41 Å². The molecule has 0 amide bonds. The van der Waals surface area contributed by atoms with Crippen LogP contribution >= 0.6 is 11.6 Å². The van der Waals surface area contributed by atoms with E-state index in [-0.39, 0.29) is 13.2 Å². The van der Waals surface area contributed by atoms with Crippen LogP contribution in [0.15, 0.2) is 0 Å². The molecule has 0 aromatic heterocycles. The maximum Gasteiger partial charge on any atom is 0.0518 e. The number of alkyl halides is 1. The average Bonchev–Trinajstić information content (AvgIpc) is 1.87. The van der Waals surface area contributed by atoms with Gasteiger partial charge in [0.05, 0.1) is 13.2 Å². The summed E-state index contributed by atoms with van der Waals surface area (Å²) in [7, 11) is 0. The number of halogens is 1. The Morgan fingerprint density at radius 2 is 1.75 bits per heavy atom. The molecule has 0 spiro atoms. The molecular formula is C5H11ClO2. The van der Waals surface area contributed by atoms with Crippen LogP contribution in [0.4, 0.5) is 0 Å². The van der Waals surface area contributed by atoms with E-state index in [2.05, 4.69) is 0 Å². The second-order valence-electron chi connectivity index (χ2n) is 2.26. The smallest absolute Gasteiger partial charge is 0.0518 e. The Hall–Kier alpha value is 0.210. The second kappa shape index (κ2) is 3.28. The van der Waals surface area contributed by atoms with Gasteiger partial charge in [-0.3, -0.25) is 0 Å². The van der Waals surface area contributed by atoms with Crippen molar-refractivity contribution in [1.82, 2.24) is 0 Å². The molecule has 0 saturated heterocycles. The van der Waals surface area contributed by atoms with Crippen molar-refractivity contribution in [3.63, 3.8) is 0 Å². The monoisotopic (exact) mass is 138 g/mol. The van der Waals surface area contributed by atoms with Gasteiger partial charge in [-0.15, -0.1) is 11.6 Å². The Bertz CT molecular complexity index is 53.2. The summed E-state index contributed by atoms with van der Waals surface area (Å²) in [6, 6.07) is 0. The summed E-state index contributed by atoms with van der Waals surface area (Å²) in [5, 5.41) is 17.1. The molecule has 0 rings (SSSR count). The lowest BCUT2D eigenvalue weighted by atomic mass is 9.96. The molecule has 0 aliphatic heterocycles. The minimum absolute atomic E-state index is 0.0625. The van der Waals surface area contributed by atoms with Crippen LogP contribution in [-0.4, -0.2) is 29.3 Å². The van der Waals surface area contributed by atoms with Crippen molar-refractivity contribution < 1.29 is 10.2 Å². The zero-order valence-corrected chi connectivity index (χ0v) is 5.65. The lowest BCUT2D eigenvalue weighted by Crippen LogP contribution is -2.27. The van der Waals surface area contributed by atoms with Crippen molar-refractivity contribution in [2.45, 2.75) is 6.92 Å². The fourth-order valence-corrected chi connectivity index (χ4v) is 0.304. The van der Waals surface area contributed by atoms with Crippen molar-refractivity contribution in [1.29, 1.82) is 0 Å². The summed E-state index contributed by atoms with van der Waals surface area (Å²) in [6.07, 6.45) is 0. The van der Waals surface area contributed by atoms with Crippen LogP contribution in [0, 0.1) is 5.41 Å². The number of hydrogen-bond acceptors (Lipinski definition) is 2. The molecule has 0 unspecified atom stereocenters. The van der Waals surface area contributed by atoms with E-state index in [0.717, 1.165) is 0 Å². The van der Waals surface area contributed by atoms with Crippen molar-refractivity contribution >= 4 is 11.6 Å². The summed E-state index contributed by atoms with van der Waals surface area (Å²) in [5.41, 5.74) is -0.498. The van der Waals surface area contributed by atoms with Crippen LogP contribution in [-0.2, 0) is 0 Å². The zero-order valence-electron chi connectivity index (χ0n) is 4.89. The second-order valence-corrected chi connectivity index (χ2v) is 2.53.